The van der Waals surface area contributed by atoms with E-state index in [0.29, 0.717) is 3.53 Å². The van der Waals surface area contributed by atoms with Gasteiger partial charge < -0.3 is 0 Å². The Morgan fingerprint density at radius 3 is 1.50 bits per heavy atom. The number of rotatable bonds is 0. The summed E-state index contributed by atoms with van der Waals surface area (Å²) in [5, 5.41) is 6.33. The molecule has 0 rings (SSSR count). The highest BCUT2D eigenvalue weighted by Gasteiger charge is 1.62. The molecule has 24 valence electrons. The van der Waals surface area contributed by atoms with Crippen LogP contribution in [0.2, 0.25) is 0 Å². The van der Waals surface area contributed by atoms with Crippen LogP contribution in [0.4, 0.5) is 0 Å². The zero-order chi connectivity index (χ0) is 3.58. The molecule has 0 atom stereocenters. The molecule has 0 radical (unpaired) electrons. The molecule has 0 amide bonds. The molecular formula is CHBr2N. The smallest absolute Gasteiger partial charge is 0.140 e. The first kappa shape index (κ1) is 4.63. The predicted octanol–water partition coefficient (Wildman–Crippen LogP) is 1.71. The first-order valence-corrected chi connectivity index (χ1v) is 2.21. The van der Waals surface area contributed by atoms with Crippen molar-refractivity contribution in [2.24, 2.45) is 0 Å². The van der Waals surface area contributed by atoms with E-state index >= 15 is 0 Å². The van der Waals surface area contributed by atoms with Crippen molar-refractivity contribution in [2.75, 3.05) is 0 Å². The Balaban J connectivity index is 2.80. The molecule has 0 aromatic heterocycles. The summed E-state index contributed by atoms with van der Waals surface area (Å²) >= 11 is 5.54. The predicted molar refractivity (Wildman–Crippen MR) is 25.6 cm³/mol. The van der Waals surface area contributed by atoms with Crippen LogP contribution in [0.15, 0.2) is 0 Å². The zero-order valence-electron chi connectivity index (χ0n) is 1.76. The molecule has 0 saturated heterocycles. The van der Waals surface area contributed by atoms with Crippen LogP contribution < -0.4 is 0 Å². The maximum absolute atomic E-state index is 6.33. The molecule has 0 spiro atoms. The van der Waals surface area contributed by atoms with E-state index in [-0.39, 0.29) is 0 Å². The molecular weight excluding hydrogens is 186 g/mol. The van der Waals surface area contributed by atoms with Crippen molar-refractivity contribution in [3.63, 3.8) is 0 Å². The summed E-state index contributed by atoms with van der Waals surface area (Å²) in [4.78, 5) is 0. The third kappa shape index (κ3) is 17.6. The first-order chi connectivity index (χ1) is 1.73. The second-order valence-electron chi connectivity index (χ2n) is 0.260. The molecule has 4 heavy (non-hydrogen) atoms. The monoisotopic (exact) mass is 185 g/mol. The van der Waals surface area contributed by atoms with E-state index < -0.39 is 0 Å². The Labute approximate surface area is 41.2 Å². The lowest BCUT2D eigenvalue weighted by molar-refractivity contribution is 1.60. The summed E-state index contributed by atoms with van der Waals surface area (Å²) in [6.45, 7) is 0. The molecule has 0 fully saturated rings. The fourth-order valence-electron chi connectivity index (χ4n) is 0. The average Bonchev–Trinajstić information content (AvgIpc) is 0.811. The van der Waals surface area contributed by atoms with E-state index in [1.165, 1.54) is 0 Å². The number of hydrogen-bond donors (Lipinski definition) is 1. The van der Waals surface area contributed by atoms with Gasteiger partial charge in [-0.1, -0.05) is 0 Å². The Bertz CT molecular complexity index is 29.0. The second-order valence-corrected chi connectivity index (χ2v) is 2.91. The number of hydrogen-bond acceptors (Lipinski definition) is 1. The van der Waals surface area contributed by atoms with Gasteiger partial charge in [0.05, 0.1) is 0 Å². The molecule has 1 nitrogen and oxygen atoms in total. The van der Waals surface area contributed by atoms with E-state index in [4.69, 9.17) is 5.41 Å². The van der Waals surface area contributed by atoms with Crippen LogP contribution in [0.5, 0.6) is 0 Å². The lowest BCUT2D eigenvalue weighted by Gasteiger charge is -1.56. The van der Waals surface area contributed by atoms with Gasteiger partial charge in [0.1, 0.15) is 3.53 Å². The zero-order valence-corrected chi connectivity index (χ0v) is 4.93. The van der Waals surface area contributed by atoms with Crippen LogP contribution in [0.1, 0.15) is 0 Å². The van der Waals surface area contributed by atoms with Gasteiger partial charge in [0.25, 0.3) is 0 Å². The largest absolute Gasteiger partial charge is 0.287 e. The minimum absolute atomic E-state index is 0.292. The van der Waals surface area contributed by atoms with Crippen molar-refractivity contribution in [1.82, 2.24) is 0 Å². The maximum Gasteiger partial charge on any atom is 0.140 e. The normalized spacial score (nSPS) is 6.50. The van der Waals surface area contributed by atoms with Crippen molar-refractivity contribution in [1.29, 1.82) is 5.41 Å². The van der Waals surface area contributed by atoms with Crippen molar-refractivity contribution < 1.29 is 0 Å². The van der Waals surface area contributed by atoms with Gasteiger partial charge in [0, 0.05) is 0 Å². The number of nitrogens with one attached hydrogen (secondary N) is 1. The van der Waals surface area contributed by atoms with Crippen LogP contribution >= 0.6 is 31.9 Å². The molecule has 0 aliphatic carbocycles. The van der Waals surface area contributed by atoms with Gasteiger partial charge in [0.15, 0.2) is 0 Å². The van der Waals surface area contributed by atoms with Crippen LogP contribution in [-0.2, 0) is 0 Å². The van der Waals surface area contributed by atoms with Crippen molar-refractivity contribution >= 4 is 35.4 Å². The molecule has 0 bridgehead atoms. The Morgan fingerprint density at radius 1 is 1.50 bits per heavy atom. The summed E-state index contributed by atoms with van der Waals surface area (Å²) in [6, 6.07) is 0. The van der Waals surface area contributed by atoms with Crippen molar-refractivity contribution in [3.8, 4) is 0 Å². The molecule has 0 unspecified atom stereocenters. The third-order valence-electron chi connectivity index (χ3n) is 0. The van der Waals surface area contributed by atoms with Gasteiger partial charge in [-0.3, -0.25) is 5.41 Å². The SMILES string of the molecule is N=C(Br)Br. The van der Waals surface area contributed by atoms with E-state index in [0.717, 1.165) is 0 Å². The summed E-state index contributed by atoms with van der Waals surface area (Å²) in [6.07, 6.45) is 0. The molecule has 1 N–H and O–H groups in total. The molecule has 0 heterocycles. The molecule has 0 aliphatic rings. The van der Waals surface area contributed by atoms with Crippen LogP contribution in [-0.4, -0.2) is 3.53 Å². The highest BCUT2D eigenvalue weighted by molar-refractivity contribution is 9.39. The molecule has 3 heteroatoms. The summed E-state index contributed by atoms with van der Waals surface area (Å²) in [5.41, 5.74) is 0. The van der Waals surface area contributed by atoms with E-state index in [2.05, 4.69) is 31.9 Å². The summed E-state index contributed by atoms with van der Waals surface area (Å²) in [7, 11) is 0. The lowest BCUT2D eigenvalue weighted by Crippen LogP contribution is -1.47. The van der Waals surface area contributed by atoms with Gasteiger partial charge >= 0.3 is 0 Å². The van der Waals surface area contributed by atoms with Gasteiger partial charge in [0.2, 0.25) is 0 Å². The number of halogens is 2. The summed E-state index contributed by atoms with van der Waals surface area (Å²) in [5.74, 6) is 0. The van der Waals surface area contributed by atoms with Gasteiger partial charge in [-0.05, 0) is 31.9 Å². The highest BCUT2D eigenvalue weighted by atomic mass is 79.9. The fourth-order valence-corrected chi connectivity index (χ4v) is 0. The fraction of sp³-hybridized carbons (Fsp3) is 0. The van der Waals surface area contributed by atoms with E-state index in [1.54, 1.807) is 0 Å². The third-order valence-corrected chi connectivity index (χ3v) is 0. The van der Waals surface area contributed by atoms with Gasteiger partial charge in [-0.15, -0.1) is 0 Å². The maximum atomic E-state index is 6.33. The molecule has 0 aromatic carbocycles. The van der Waals surface area contributed by atoms with Gasteiger partial charge in [-0.25, -0.2) is 0 Å². The van der Waals surface area contributed by atoms with Gasteiger partial charge in [-0.2, -0.15) is 0 Å². The van der Waals surface area contributed by atoms with Crippen LogP contribution in [0, 0.1) is 5.41 Å². The Morgan fingerprint density at radius 2 is 1.50 bits per heavy atom. The van der Waals surface area contributed by atoms with Crippen molar-refractivity contribution in [2.45, 2.75) is 0 Å². The molecule has 0 aromatic rings. The standard InChI is InChI=1S/CHBr2N/c2-1(3)4/h4H. The lowest BCUT2D eigenvalue weighted by atomic mass is 11.8. The average molecular weight is 187 g/mol. The van der Waals surface area contributed by atoms with E-state index in [1.807, 2.05) is 0 Å². The Kier molecular flexibility index (Phi) is 2.21. The first-order valence-electron chi connectivity index (χ1n) is 0.628. The minimum Gasteiger partial charge on any atom is -0.287 e. The Hall–Kier alpha value is 0.630. The highest BCUT2D eigenvalue weighted by Crippen LogP contribution is 1.90. The quantitative estimate of drug-likeness (QED) is 0.558. The molecule has 0 aliphatic heterocycles. The van der Waals surface area contributed by atoms with Crippen molar-refractivity contribution in [3.05, 3.63) is 0 Å². The minimum atomic E-state index is 0.292. The summed E-state index contributed by atoms with van der Waals surface area (Å²) < 4.78 is 0.292. The molecule has 0 saturated carbocycles. The topological polar surface area (TPSA) is 23.9 Å². The van der Waals surface area contributed by atoms with Crippen LogP contribution in [0.25, 0.3) is 0 Å². The second kappa shape index (κ2) is 1.91. The van der Waals surface area contributed by atoms with E-state index in [9.17, 15) is 0 Å². The van der Waals surface area contributed by atoms with Crippen LogP contribution in [0.3, 0.4) is 0 Å².